The smallest absolute Gasteiger partial charge is 0.0489 e. The van der Waals surface area contributed by atoms with Gasteiger partial charge in [-0.05, 0) is 74.4 Å². The summed E-state index contributed by atoms with van der Waals surface area (Å²) < 4.78 is 0. The number of aromatic nitrogens is 1. The number of aryl methyl sites for hydroxylation is 2. The highest BCUT2D eigenvalue weighted by molar-refractivity contribution is 5.88. The van der Waals surface area contributed by atoms with Crippen LogP contribution in [0.15, 0.2) is 12.3 Å². The number of benzene rings is 1. The standard InChI is InChI=1S/C16H22N2/c1-10-7-14-15(13-5-4-6-17-8-13)9-18-16(14)12(3)11(10)2/h7,9,13,17-18H,4-6,8H2,1-3H3. The van der Waals surface area contributed by atoms with Crippen LogP contribution in [0, 0.1) is 20.8 Å². The third-order valence-corrected chi connectivity index (χ3v) is 4.58. The lowest BCUT2D eigenvalue weighted by molar-refractivity contribution is 0.463. The third-order valence-electron chi connectivity index (χ3n) is 4.58. The number of aromatic amines is 1. The van der Waals surface area contributed by atoms with Crippen LogP contribution in [0.25, 0.3) is 10.9 Å². The van der Waals surface area contributed by atoms with E-state index in [0.717, 1.165) is 6.54 Å². The fourth-order valence-corrected chi connectivity index (χ4v) is 3.18. The van der Waals surface area contributed by atoms with E-state index in [-0.39, 0.29) is 0 Å². The van der Waals surface area contributed by atoms with Gasteiger partial charge in [0.1, 0.15) is 0 Å². The first kappa shape index (κ1) is 11.8. The Morgan fingerprint density at radius 3 is 2.72 bits per heavy atom. The zero-order valence-corrected chi connectivity index (χ0v) is 11.6. The zero-order chi connectivity index (χ0) is 12.7. The summed E-state index contributed by atoms with van der Waals surface area (Å²) in [6.45, 7) is 8.96. The molecule has 2 N–H and O–H groups in total. The Balaban J connectivity index is 2.13. The maximum Gasteiger partial charge on any atom is 0.0489 e. The highest BCUT2D eigenvalue weighted by Crippen LogP contribution is 2.33. The van der Waals surface area contributed by atoms with Gasteiger partial charge >= 0.3 is 0 Å². The number of fused-ring (bicyclic) bond motifs is 1. The Morgan fingerprint density at radius 1 is 1.17 bits per heavy atom. The Kier molecular flexibility index (Phi) is 2.90. The number of piperidine rings is 1. The average molecular weight is 242 g/mol. The van der Waals surface area contributed by atoms with Gasteiger partial charge in [-0.2, -0.15) is 0 Å². The zero-order valence-electron chi connectivity index (χ0n) is 11.6. The van der Waals surface area contributed by atoms with Gasteiger partial charge in [-0.15, -0.1) is 0 Å². The number of hydrogen-bond donors (Lipinski definition) is 2. The first-order valence-corrected chi connectivity index (χ1v) is 6.97. The second-order valence-electron chi connectivity index (χ2n) is 5.65. The molecule has 0 spiro atoms. The van der Waals surface area contributed by atoms with Gasteiger partial charge in [-0.25, -0.2) is 0 Å². The minimum absolute atomic E-state index is 0.675. The van der Waals surface area contributed by atoms with E-state index in [9.17, 15) is 0 Å². The normalized spacial score (nSPS) is 20.5. The first-order valence-electron chi connectivity index (χ1n) is 6.97. The summed E-state index contributed by atoms with van der Waals surface area (Å²) >= 11 is 0. The molecule has 2 heteroatoms. The van der Waals surface area contributed by atoms with Crippen molar-refractivity contribution in [1.82, 2.24) is 10.3 Å². The summed E-state index contributed by atoms with van der Waals surface area (Å²) in [4.78, 5) is 3.49. The van der Waals surface area contributed by atoms with Crippen molar-refractivity contribution < 1.29 is 0 Å². The molecule has 2 nitrogen and oxygen atoms in total. The van der Waals surface area contributed by atoms with Crippen LogP contribution in [0.4, 0.5) is 0 Å². The molecule has 0 saturated carbocycles. The molecule has 1 saturated heterocycles. The molecule has 0 radical (unpaired) electrons. The van der Waals surface area contributed by atoms with E-state index in [2.05, 4.69) is 43.3 Å². The van der Waals surface area contributed by atoms with E-state index in [0.29, 0.717) is 5.92 Å². The maximum absolute atomic E-state index is 3.51. The molecule has 96 valence electrons. The molecule has 0 amide bonds. The van der Waals surface area contributed by atoms with Crippen LogP contribution < -0.4 is 5.32 Å². The second kappa shape index (κ2) is 4.43. The van der Waals surface area contributed by atoms with Gasteiger partial charge < -0.3 is 10.3 Å². The van der Waals surface area contributed by atoms with Gasteiger partial charge in [0.25, 0.3) is 0 Å². The first-order chi connectivity index (χ1) is 8.68. The van der Waals surface area contributed by atoms with Gasteiger partial charge in [0.15, 0.2) is 0 Å². The minimum Gasteiger partial charge on any atom is -0.361 e. The van der Waals surface area contributed by atoms with Crippen LogP contribution in [0.5, 0.6) is 0 Å². The molecule has 0 aliphatic carbocycles. The maximum atomic E-state index is 3.51. The van der Waals surface area contributed by atoms with Crippen LogP contribution in [0.3, 0.4) is 0 Å². The molecule has 18 heavy (non-hydrogen) atoms. The Bertz CT molecular complexity index is 574. The van der Waals surface area contributed by atoms with Crippen LogP contribution >= 0.6 is 0 Å². The Morgan fingerprint density at radius 2 is 2.00 bits per heavy atom. The molecule has 3 rings (SSSR count). The molecule has 1 aromatic carbocycles. The number of H-pyrrole nitrogens is 1. The highest BCUT2D eigenvalue weighted by atomic mass is 14.9. The van der Waals surface area contributed by atoms with Crippen LogP contribution in [0.2, 0.25) is 0 Å². The molecule has 1 aliphatic rings. The molecule has 2 heterocycles. The molecule has 1 aliphatic heterocycles. The van der Waals surface area contributed by atoms with E-state index in [4.69, 9.17) is 0 Å². The lowest BCUT2D eigenvalue weighted by Crippen LogP contribution is -2.28. The van der Waals surface area contributed by atoms with Crippen LogP contribution in [-0.2, 0) is 0 Å². The Labute approximate surface area is 109 Å². The average Bonchev–Trinajstić information content (AvgIpc) is 2.81. The largest absolute Gasteiger partial charge is 0.361 e. The fraction of sp³-hybridized carbons (Fsp3) is 0.500. The van der Waals surface area contributed by atoms with E-state index in [1.54, 1.807) is 0 Å². The van der Waals surface area contributed by atoms with Crippen molar-refractivity contribution in [1.29, 1.82) is 0 Å². The van der Waals surface area contributed by atoms with Gasteiger partial charge in [-0.1, -0.05) is 0 Å². The minimum atomic E-state index is 0.675. The predicted molar refractivity (Wildman–Crippen MR) is 77.4 cm³/mol. The van der Waals surface area contributed by atoms with Gasteiger partial charge in [-0.3, -0.25) is 0 Å². The molecule has 2 aromatic rings. The van der Waals surface area contributed by atoms with Crippen molar-refractivity contribution in [3.8, 4) is 0 Å². The van der Waals surface area contributed by atoms with Crippen molar-refractivity contribution >= 4 is 10.9 Å². The summed E-state index contributed by atoms with van der Waals surface area (Å²) in [7, 11) is 0. The SMILES string of the molecule is Cc1cc2c(C3CCCNC3)c[nH]c2c(C)c1C. The van der Waals surface area contributed by atoms with Crippen molar-refractivity contribution in [3.63, 3.8) is 0 Å². The quantitative estimate of drug-likeness (QED) is 0.786. The van der Waals surface area contributed by atoms with Crippen molar-refractivity contribution in [2.24, 2.45) is 0 Å². The predicted octanol–water partition coefficient (Wildman–Crippen LogP) is 3.56. The monoisotopic (exact) mass is 242 g/mol. The molecule has 1 atom stereocenters. The summed E-state index contributed by atoms with van der Waals surface area (Å²) in [5.41, 5.74) is 7.06. The third kappa shape index (κ3) is 1.76. The summed E-state index contributed by atoms with van der Waals surface area (Å²) in [6, 6.07) is 2.36. The van der Waals surface area contributed by atoms with E-state index >= 15 is 0 Å². The van der Waals surface area contributed by atoms with Crippen molar-refractivity contribution in [3.05, 3.63) is 34.5 Å². The van der Waals surface area contributed by atoms with Crippen LogP contribution in [0.1, 0.15) is 41.0 Å². The van der Waals surface area contributed by atoms with Gasteiger partial charge in [0.2, 0.25) is 0 Å². The summed E-state index contributed by atoms with van der Waals surface area (Å²) in [5, 5.41) is 4.95. The molecule has 0 bridgehead atoms. The molecule has 1 aromatic heterocycles. The topological polar surface area (TPSA) is 27.8 Å². The molecule has 1 fully saturated rings. The van der Waals surface area contributed by atoms with Gasteiger partial charge in [0, 0.05) is 23.6 Å². The van der Waals surface area contributed by atoms with Crippen LogP contribution in [-0.4, -0.2) is 18.1 Å². The summed E-state index contributed by atoms with van der Waals surface area (Å²) in [6.07, 6.45) is 4.83. The van der Waals surface area contributed by atoms with Crippen molar-refractivity contribution in [2.75, 3.05) is 13.1 Å². The fourth-order valence-electron chi connectivity index (χ4n) is 3.18. The van der Waals surface area contributed by atoms with E-state index < -0.39 is 0 Å². The number of nitrogens with one attached hydrogen (secondary N) is 2. The molecular weight excluding hydrogens is 220 g/mol. The molecule has 1 unspecified atom stereocenters. The Hall–Kier alpha value is -1.28. The summed E-state index contributed by atoms with van der Waals surface area (Å²) in [5.74, 6) is 0.675. The van der Waals surface area contributed by atoms with E-state index in [1.807, 2.05) is 0 Å². The highest BCUT2D eigenvalue weighted by Gasteiger charge is 2.19. The van der Waals surface area contributed by atoms with Crippen molar-refractivity contribution in [2.45, 2.75) is 39.5 Å². The number of rotatable bonds is 1. The lowest BCUT2D eigenvalue weighted by atomic mass is 9.90. The molecular formula is C16H22N2. The van der Waals surface area contributed by atoms with E-state index in [1.165, 1.54) is 52.5 Å². The second-order valence-corrected chi connectivity index (χ2v) is 5.65. The van der Waals surface area contributed by atoms with Gasteiger partial charge in [0.05, 0.1) is 0 Å². The number of hydrogen-bond acceptors (Lipinski definition) is 1. The lowest BCUT2D eigenvalue weighted by Gasteiger charge is -2.22.